The van der Waals surface area contributed by atoms with E-state index in [0.717, 1.165) is 42.2 Å². The van der Waals surface area contributed by atoms with E-state index < -0.39 is 0 Å². The molecule has 36 heavy (non-hydrogen) atoms. The molecule has 8 nitrogen and oxygen atoms in total. The highest BCUT2D eigenvalue weighted by molar-refractivity contribution is 7.16. The van der Waals surface area contributed by atoms with Crippen molar-refractivity contribution in [3.8, 4) is 5.75 Å². The van der Waals surface area contributed by atoms with Crippen molar-refractivity contribution in [2.45, 2.75) is 25.7 Å². The summed E-state index contributed by atoms with van der Waals surface area (Å²) in [5.74, 6) is 0.356. The fraction of sp³-hybridized carbons (Fsp3) is 0.333. The van der Waals surface area contributed by atoms with E-state index in [1.165, 1.54) is 11.3 Å². The summed E-state index contributed by atoms with van der Waals surface area (Å²) in [6, 6.07) is 14.5. The average molecular weight is 505 g/mol. The van der Waals surface area contributed by atoms with E-state index in [2.05, 4.69) is 15.2 Å². The largest absolute Gasteiger partial charge is 0.497 e. The lowest BCUT2D eigenvalue weighted by atomic mass is 10.0. The number of carbonyl (C=O) groups is 3. The predicted molar refractivity (Wildman–Crippen MR) is 139 cm³/mol. The zero-order chi connectivity index (χ0) is 25.2. The Morgan fingerprint density at radius 3 is 2.28 bits per heavy atom. The van der Waals surface area contributed by atoms with Crippen molar-refractivity contribution < 1.29 is 19.1 Å². The van der Waals surface area contributed by atoms with Gasteiger partial charge in [0.25, 0.3) is 5.91 Å². The van der Waals surface area contributed by atoms with Crippen molar-refractivity contribution in [1.82, 2.24) is 9.88 Å². The van der Waals surface area contributed by atoms with Crippen molar-refractivity contribution >= 4 is 39.8 Å². The normalized spacial score (nSPS) is 17.0. The van der Waals surface area contributed by atoms with E-state index in [1.54, 1.807) is 38.3 Å². The maximum absolute atomic E-state index is 13.4. The molecule has 1 N–H and O–H groups in total. The summed E-state index contributed by atoms with van der Waals surface area (Å²) < 4.78 is 5.14. The van der Waals surface area contributed by atoms with Crippen LogP contribution in [-0.2, 0) is 11.2 Å². The molecule has 1 aromatic heterocycles. The molecule has 1 unspecified atom stereocenters. The Morgan fingerprint density at radius 1 is 0.972 bits per heavy atom. The SMILES string of the molecule is COc1ccc(C(=O)Nc2nc3c(s2)CCC3C(=O)N2CCN(c3ccc(C(C)=O)cc3)CC2)cc1. The Labute approximate surface area is 213 Å². The molecular formula is C27H28N4O4S. The summed E-state index contributed by atoms with van der Waals surface area (Å²) in [6.07, 6.45) is 1.55. The van der Waals surface area contributed by atoms with Gasteiger partial charge in [-0.25, -0.2) is 4.98 Å². The number of aryl methyl sites for hydroxylation is 1. The molecule has 1 aliphatic carbocycles. The second-order valence-electron chi connectivity index (χ2n) is 9.02. The van der Waals surface area contributed by atoms with Crippen LogP contribution in [0.5, 0.6) is 5.75 Å². The molecule has 9 heteroatoms. The fourth-order valence-corrected chi connectivity index (χ4v) is 5.78. The Hall–Kier alpha value is -3.72. The first-order valence-corrected chi connectivity index (χ1v) is 12.8. The topological polar surface area (TPSA) is 91.8 Å². The lowest BCUT2D eigenvalue weighted by Crippen LogP contribution is -2.50. The first kappa shape index (κ1) is 24.0. The number of nitrogens with zero attached hydrogens (tertiary/aromatic N) is 3. The van der Waals surface area contributed by atoms with Crippen molar-refractivity contribution in [1.29, 1.82) is 0 Å². The van der Waals surface area contributed by atoms with Crippen LogP contribution in [0, 0.1) is 0 Å². The van der Waals surface area contributed by atoms with Gasteiger partial charge in [0.1, 0.15) is 5.75 Å². The molecule has 1 fully saturated rings. The number of aromatic nitrogens is 1. The Bertz CT molecular complexity index is 1280. The van der Waals surface area contributed by atoms with Crippen molar-refractivity contribution in [3.63, 3.8) is 0 Å². The number of fused-ring (bicyclic) bond motifs is 1. The third-order valence-electron chi connectivity index (χ3n) is 6.82. The molecule has 2 amide bonds. The van der Waals surface area contributed by atoms with Gasteiger partial charge in [-0.15, -0.1) is 11.3 Å². The van der Waals surface area contributed by atoms with E-state index in [-0.39, 0.29) is 23.5 Å². The number of rotatable bonds is 6. The fourth-order valence-electron chi connectivity index (χ4n) is 4.75. The molecule has 3 aromatic rings. The van der Waals surface area contributed by atoms with Crippen LogP contribution in [0.3, 0.4) is 0 Å². The van der Waals surface area contributed by atoms with Crippen LogP contribution in [0.1, 0.15) is 50.5 Å². The van der Waals surface area contributed by atoms with Crippen LogP contribution in [0.4, 0.5) is 10.8 Å². The van der Waals surface area contributed by atoms with Crippen LogP contribution < -0.4 is 15.0 Å². The van der Waals surface area contributed by atoms with Gasteiger partial charge in [-0.2, -0.15) is 0 Å². The summed E-state index contributed by atoms with van der Waals surface area (Å²) in [6.45, 7) is 4.33. The highest BCUT2D eigenvalue weighted by Crippen LogP contribution is 2.39. The number of Topliss-reactive ketones (excluding diaryl/α,β-unsaturated/α-hetero) is 1. The molecule has 1 atom stereocenters. The quantitative estimate of drug-likeness (QED) is 0.511. The number of thiazole rings is 1. The minimum absolute atomic E-state index is 0.0541. The van der Waals surface area contributed by atoms with E-state index in [0.29, 0.717) is 35.1 Å². The lowest BCUT2D eigenvalue weighted by Gasteiger charge is -2.37. The summed E-state index contributed by atoms with van der Waals surface area (Å²) in [4.78, 5) is 47.4. The maximum atomic E-state index is 13.4. The third-order valence-corrected chi connectivity index (χ3v) is 7.87. The van der Waals surface area contributed by atoms with Gasteiger partial charge in [0.05, 0.1) is 18.7 Å². The maximum Gasteiger partial charge on any atom is 0.257 e. The van der Waals surface area contributed by atoms with Crippen LogP contribution in [0.2, 0.25) is 0 Å². The summed E-state index contributed by atoms with van der Waals surface area (Å²) in [5, 5.41) is 3.40. The second-order valence-corrected chi connectivity index (χ2v) is 10.1. The molecule has 1 aliphatic heterocycles. The summed E-state index contributed by atoms with van der Waals surface area (Å²) in [5.41, 5.74) is 3.09. The smallest absolute Gasteiger partial charge is 0.257 e. The Kier molecular flexibility index (Phi) is 6.73. The summed E-state index contributed by atoms with van der Waals surface area (Å²) in [7, 11) is 1.58. The highest BCUT2D eigenvalue weighted by atomic mass is 32.1. The number of hydrogen-bond acceptors (Lipinski definition) is 7. The number of methoxy groups -OCH3 is 1. The first-order chi connectivity index (χ1) is 17.4. The van der Waals surface area contributed by atoms with Crippen molar-refractivity contribution in [2.75, 3.05) is 43.5 Å². The van der Waals surface area contributed by atoms with Crippen LogP contribution in [-0.4, -0.2) is 60.8 Å². The Morgan fingerprint density at radius 2 is 1.64 bits per heavy atom. The molecule has 2 aromatic carbocycles. The number of ketones is 1. The van der Waals surface area contributed by atoms with E-state index >= 15 is 0 Å². The number of anilines is 2. The molecule has 0 radical (unpaired) electrons. The van der Waals surface area contributed by atoms with Crippen LogP contribution in [0.15, 0.2) is 48.5 Å². The van der Waals surface area contributed by atoms with Gasteiger partial charge in [0.2, 0.25) is 5.91 Å². The van der Waals surface area contributed by atoms with E-state index in [4.69, 9.17) is 4.74 Å². The van der Waals surface area contributed by atoms with Gasteiger partial charge in [-0.3, -0.25) is 19.7 Å². The molecule has 0 spiro atoms. The van der Waals surface area contributed by atoms with Crippen molar-refractivity contribution in [2.24, 2.45) is 0 Å². The van der Waals surface area contributed by atoms with Gasteiger partial charge in [-0.1, -0.05) is 0 Å². The molecule has 0 bridgehead atoms. The molecule has 0 saturated carbocycles. The van der Waals surface area contributed by atoms with Gasteiger partial charge in [-0.05, 0) is 68.3 Å². The number of hydrogen-bond donors (Lipinski definition) is 1. The van der Waals surface area contributed by atoms with Gasteiger partial charge < -0.3 is 14.5 Å². The zero-order valence-corrected chi connectivity index (χ0v) is 21.1. The Balaban J connectivity index is 1.20. The molecule has 186 valence electrons. The third kappa shape index (κ3) is 4.83. The second kappa shape index (κ2) is 10.1. The summed E-state index contributed by atoms with van der Waals surface area (Å²) >= 11 is 1.45. The van der Waals surface area contributed by atoms with Crippen molar-refractivity contribution in [3.05, 3.63) is 70.2 Å². The average Bonchev–Trinajstić information content (AvgIpc) is 3.48. The number of carbonyl (C=O) groups excluding carboxylic acids is 3. The van der Waals surface area contributed by atoms with E-state index in [9.17, 15) is 14.4 Å². The van der Waals surface area contributed by atoms with E-state index in [1.807, 2.05) is 29.2 Å². The van der Waals surface area contributed by atoms with Crippen LogP contribution in [0.25, 0.3) is 0 Å². The highest BCUT2D eigenvalue weighted by Gasteiger charge is 2.36. The lowest BCUT2D eigenvalue weighted by molar-refractivity contribution is -0.133. The molecule has 2 heterocycles. The monoisotopic (exact) mass is 504 g/mol. The number of amides is 2. The first-order valence-electron chi connectivity index (χ1n) is 12.0. The predicted octanol–water partition coefficient (Wildman–Crippen LogP) is 3.99. The number of piperazine rings is 1. The molecule has 2 aliphatic rings. The minimum atomic E-state index is -0.260. The van der Waals surface area contributed by atoms with Gasteiger partial charge >= 0.3 is 0 Å². The number of ether oxygens (including phenoxy) is 1. The number of benzene rings is 2. The molecule has 5 rings (SSSR count). The molecule has 1 saturated heterocycles. The number of nitrogens with one attached hydrogen (secondary N) is 1. The van der Waals surface area contributed by atoms with Crippen LogP contribution >= 0.6 is 11.3 Å². The minimum Gasteiger partial charge on any atom is -0.497 e. The van der Waals surface area contributed by atoms with Gasteiger partial charge in [0.15, 0.2) is 10.9 Å². The zero-order valence-electron chi connectivity index (χ0n) is 20.3. The van der Waals surface area contributed by atoms with Gasteiger partial charge in [0, 0.05) is 47.9 Å². The standard InChI is InChI=1S/C27H28N4O4S/c1-17(32)18-3-7-20(8-4-18)30-13-15-31(16-14-30)26(34)22-11-12-23-24(22)28-27(36-23)29-25(33)19-5-9-21(35-2)10-6-19/h3-10,22H,11-16H2,1-2H3,(H,28,29,33). The molecular weight excluding hydrogens is 476 g/mol.